The number of hydrogen-bond donors (Lipinski definition) is 1. The molecular formula is C30H55N. The van der Waals surface area contributed by atoms with E-state index in [1.165, 1.54) is 70.6 Å². The van der Waals surface area contributed by atoms with E-state index in [9.17, 15) is 0 Å². The van der Waals surface area contributed by atoms with Crippen LogP contribution in [-0.4, -0.2) is 6.54 Å². The second-order valence-corrected chi connectivity index (χ2v) is 13.7. The maximum Gasteiger partial charge on any atom is -0.00488 e. The third kappa shape index (κ3) is 4.17. The molecule has 2 N–H and O–H groups in total. The second kappa shape index (κ2) is 9.31. The lowest BCUT2D eigenvalue weighted by Gasteiger charge is -2.61. The van der Waals surface area contributed by atoms with Crippen LogP contribution >= 0.6 is 0 Å². The Hall–Kier alpha value is -0.0400. The first-order chi connectivity index (χ1) is 14.7. The third-order valence-electron chi connectivity index (χ3n) is 12.3. The van der Waals surface area contributed by atoms with E-state index in [2.05, 4.69) is 41.5 Å². The summed E-state index contributed by atoms with van der Waals surface area (Å²) < 4.78 is 0. The molecule has 0 bridgehead atoms. The molecule has 0 amide bonds. The molecule has 31 heavy (non-hydrogen) atoms. The molecule has 4 fully saturated rings. The first kappa shape index (κ1) is 24.1. The Morgan fingerprint density at radius 1 is 0.839 bits per heavy atom. The maximum absolute atomic E-state index is 6.10. The van der Waals surface area contributed by atoms with Gasteiger partial charge in [0, 0.05) is 0 Å². The maximum atomic E-state index is 6.10. The molecule has 10 atom stereocenters. The van der Waals surface area contributed by atoms with Gasteiger partial charge in [0.1, 0.15) is 0 Å². The first-order valence-electron chi connectivity index (χ1n) is 14.4. The lowest BCUT2D eigenvalue weighted by Crippen LogP contribution is -2.54. The van der Waals surface area contributed by atoms with Crippen LogP contribution in [0.2, 0.25) is 0 Å². The lowest BCUT2D eigenvalue weighted by atomic mass is 9.44. The average Bonchev–Trinajstić information content (AvgIpc) is 3.10. The first-order valence-corrected chi connectivity index (χ1v) is 14.4. The van der Waals surface area contributed by atoms with Crippen molar-refractivity contribution in [3.63, 3.8) is 0 Å². The normalized spacial score (nSPS) is 46.8. The van der Waals surface area contributed by atoms with Crippen molar-refractivity contribution in [3.05, 3.63) is 0 Å². The molecule has 0 spiro atoms. The topological polar surface area (TPSA) is 26.0 Å². The Kier molecular flexibility index (Phi) is 7.23. The summed E-state index contributed by atoms with van der Waals surface area (Å²) in [6.07, 6.45) is 17.8. The second-order valence-electron chi connectivity index (χ2n) is 13.7. The van der Waals surface area contributed by atoms with E-state index in [0.717, 1.165) is 59.8 Å². The van der Waals surface area contributed by atoms with Crippen molar-refractivity contribution in [1.82, 2.24) is 0 Å². The van der Waals surface area contributed by atoms with E-state index in [0.29, 0.717) is 10.8 Å². The summed E-state index contributed by atoms with van der Waals surface area (Å²) in [5.74, 6) is 8.56. The van der Waals surface area contributed by atoms with Gasteiger partial charge in [-0.3, -0.25) is 0 Å². The van der Waals surface area contributed by atoms with Crippen LogP contribution in [0.1, 0.15) is 119 Å². The minimum Gasteiger partial charge on any atom is -0.330 e. The van der Waals surface area contributed by atoms with Gasteiger partial charge in [-0.1, -0.05) is 54.4 Å². The Balaban J connectivity index is 1.44. The van der Waals surface area contributed by atoms with Gasteiger partial charge in [-0.25, -0.2) is 0 Å². The zero-order chi connectivity index (χ0) is 22.4. The summed E-state index contributed by atoms with van der Waals surface area (Å²) in [5.41, 5.74) is 7.37. The molecule has 4 rings (SSSR count). The molecule has 0 aromatic rings. The van der Waals surface area contributed by atoms with Crippen LogP contribution in [0.4, 0.5) is 0 Å². The highest BCUT2D eigenvalue weighted by Crippen LogP contribution is 2.68. The van der Waals surface area contributed by atoms with Gasteiger partial charge in [0.2, 0.25) is 0 Å². The SMILES string of the molecule is CC[C@H](CC[C@@H](C)[C@H]1CCC2C3CCC4C[C@@H](CN)CC[C@]4(C)C3CC[C@@]21C)C(C)C. The van der Waals surface area contributed by atoms with Crippen molar-refractivity contribution in [2.45, 2.75) is 119 Å². The van der Waals surface area contributed by atoms with E-state index in [1.54, 1.807) is 6.42 Å². The zero-order valence-electron chi connectivity index (χ0n) is 22.0. The highest BCUT2D eigenvalue weighted by atomic mass is 14.7. The number of rotatable bonds is 7. The molecule has 4 unspecified atom stereocenters. The molecule has 1 nitrogen and oxygen atoms in total. The molecule has 180 valence electrons. The minimum absolute atomic E-state index is 0.630. The van der Waals surface area contributed by atoms with E-state index in [1.807, 2.05) is 0 Å². The molecule has 0 heterocycles. The Labute approximate surface area is 195 Å². The van der Waals surface area contributed by atoms with Gasteiger partial charge in [0.15, 0.2) is 0 Å². The van der Waals surface area contributed by atoms with E-state index in [4.69, 9.17) is 5.73 Å². The predicted octanol–water partition coefficient (Wildman–Crippen LogP) is 8.32. The number of nitrogens with two attached hydrogens (primary N) is 1. The largest absolute Gasteiger partial charge is 0.330 e. The standard InChI is InChI=1S/C30H55N/c1-7-23(20(2)3)9-8-21(4)26-12-13-27-25-11-10-24-18-22(19-31)14-16-29(24,5)28(25)15-17-30(26,27)6/h20-28H,7-19,31H2,1-6H3/t21-,22+,23-,24?,25?,26-,27?,28?,29+,30-/m1/s1. The monoisotopic (exact) mass is 429 g/mol. The van der Waals surface area contributed by atoms with Crippen molar-refractivity contribution in [2.24, 2.45) is 69.8 Å². The van der Waals surface area contributed by atoms with Crippen molar-refractivity contribution in [3.8, 4) is 0 Å². The van der Waals surface area contributed by atoms with Crippen LogP contribution in [0.25, 0.3) is 0 Å². The van der Waals surface area contributed by atoms with E-state index < -0.39 is 0 Å². The fourth-order valence-corrected chi connectivity index (χ4v) is 10.2. The van der Waals surface area contributed by atoms with Gasteiger partial charge >= 0.3 is 0 Å². The van der Waals surface area contributed by atoms with Gasteiger partial charge in [0.05, 0.1) is 0 Å². The van der Waals surface area contributed by atoms with Crippen LogP contribution in [0.5, 0.6) is 0 Å². The van der Waals surface area contributed by atoms with Crippen molar-refractivity contribution in [2.75, 3.05) is 6.54 Å². The molecule has 4 aliphatic carbocycles. The minimum atomic E-state index is 0.630. The van der Waals surface area contributed by atoms with Crippen molar-refractivity contribution < 1.29 is 0 Å². The van der Waals surface area contributed by atoms with Crippen LogP contribution in [0.3, 0.4) is 0 Å². The molecule has 4 saturated carbocycles. The summed E-state index contributed by atoms with van der Waals surface area (Å²) >= 11 is 0. The Bertz CT molecular complexity index is 597. The Morgan fingerprint density at radius 3 is 2.23 bits per heavy atom. The van der Waals surface area contributed by atoms with Crippen LogP contribution in [0, 0.1) is 64.1 Å². The predicted molar refractivity (Wildman–Crippen MR) is 135 cm³/mol. The summed E-state index contributed by atoms with van der Waals surface area (Å²) in [5, 5.41) is 0. The van der Waals surface area contributed by atoms with Gasteiger partial charge < -0.3 is 5.73 Å². The van der Waals surface area contributed by atoms with E-state index >= 15 is 0 Å². The molecule has 4 aliphatic rings. The quantitative estimate of drug-likeness (QED) is 0.432. The molecule has 0 aromatic heterocycles. The summed E-state index contributed by atoms with van der Waals surface area (Å²) in [4.78, 5) is 0. The fraction of sp³-hybridized carbons (Fsp3) is 1.00. The Morgan fingerprint density at radius 2 is 1.55 bits per heavy atom. The van der Waals surface area contributed by atoms with Gasteiger partial charge in [-0.05, 0) is 135 Å². The highest BCUT2D eigenvalue weighted by Gasteiger charge is 2.60. The van der Waals surface area contributed by atoms with Crippen LogP contribution in [-0.2, 0) is 0 Å². The van der Waals surface area contributed by atoms with Crippen LogP contribution < -0.4 is 5.73 Å². The highest BCUT2D eigenvalue weighted by molar-refractivity contribution is 5.09. The number of fused-ring (bicyclic) bond motifs is 5. The van der Waals surface area contributed by atoms with Crippen molar-refractivity contribution >= 4 is 0 Å². The summed E-state index contributed by atoms with van der Waals surface area (Å²) in [7, 11) is 0. The molecule has 0 aliphatic heterocycles. The fourth-order valence-electron chi connectivity index (χ4n) is 10.2. The van der Waals surface area contributed by atoms with Crippen LogP contribution in [0.15, 0.2) is 0 Å². The van der Waals surface area contributed by atoms with Crippen molar-refractivity contribution in [1.29, 1.82) is 0 Å². The molecule has 0 aromatic carbocycles. The molecular weight excluding hydrogens is 374 g/mol. The molecule has 0 saturated heterocycles. The lowest BCUT2D eigenvalue weighted by molar-refractivity contribution is -0.120. The van der Waals surface area contributed by atoms with E-state index in [-0.39, 0.29) is 0 Å². The summed E-state index contributed by atoms with van der Waals surface area (Å²) in [6.45, 7) is 16.3. The zero-order valence-corrected chi connectivity index (χ0v) is 22.0. The molecule has 0 radical (unpaired) electrons. The average molecular weight is 430 g/mol. The smallest absolute Gasteiger partial charge is 0.00488 e. The van der Waals surface area contributed by atoms with Gasteiger partial charge in [-0.15, -0.1) is 0 Å². The molecule has 1 heteroatoms. The summed E-state index contributed by atoms with van der Waals surface area (Å²) in [6, 6.07) is 0. The number of hydrogen-bond acceptors (Lipinski definition) is 1. The van der Waals surface area contributed by atoms with Gasteiger partial charge in [0.25, 0.3) is 0 Å². The van der Waals surface area contributed by atoms with Gasteiger partial charge in [-0.2, -0.15) is 0 Å². The third-order valence-corrected chi connectivity index (χ3v) is 12.3.